The number of nitrogens with zero attached hydrogens (tertiary/aromatic N) is 2. The Morgan fingerprint density at radius 2 is 1.75 bits per heavy atom. The van der Waals surface area contributed by atoms with Gasteiger partial charge in [0.1, 0.15) is 0 Å². The number of aryl methyl sites for hydroxylation is 1. The molecule has 0 N–H and O–H groups in total. The van der Waals surface area contributed by atoms with E-state index < -0.39 is 0 Å². The largest absolute Gasteiger partial charge is 0.493 e. The molecule has 0 atom stereocenters. The van der Waals surface area contributed by atoms with Gasteiger partial charge in [-0.1, -0.05) is 0 Å². The number of amides is 2. The van der Waals surface area contributed by atoms with Gasteiger partial charge in [-0.05, 0) is 60.9 Å². The summed E-state index contributed by atoms with van der Waals surface area (Å²) in [4.78, 5) is 28.1. The van der Waals surface area contributed by atoms with E-state index in [-0.39, 0.29) is 11.8 Å². The zero-order valence-electron chi connectivity index (χ0n) is 16.8. The van der Waals surface area contributed by atoms with E-state index in [0.29, 0.717) is 30.0 Å². The molecule has 2 aromatic rings. The average Bonchev–Trinajstić information content (AvgIpc) is 3.14. The van der Waals surface area contributed by atoms with E-state index >= 15 is 0 Å². The highest BCUT2D eigenvalue weighted by Gasteiger charge is 2.22. The molecule has 6 nitrogen and oxygen atoms in total. The molecular weight excluding hydrogens is 356 g/mol. The van der Waals surface area contributed by atoms with Crippen LogP contribution in [-0.4, -0.2) is 44.5 Å². The van der Waals surface area contributed by atoms with E-state index in [1.807, 2.05) is 31.2 Å². The Labute approximate surface area is 165 Å². The average molecular weight is 382 g/mol. The van der Waals surface area contributed by atoms with Crippen molar-refractivity contribution < 1.29 is 19.1 Å². The lowest BCUT2D eigenvalue weighted by atomic mass is 10.1. The molecule has 28 heavy (non-hydrogen) atoms. The summed E-state index contributed by atoms with van der Waals surface area (Å²) in [5.41, 5.74) is 3.46. The van der Waals surface area contributed by atoms with E-state index in [9.17, 15) is 9.59 Å². The molecule has 0 saturated carbocycles. The first-order valence-corrected chi connectivity index (χ1v) is 9.32. The van der Waals surface area contributed by atoms with Crippen LogP contribution < -0.4 is 14.4 Å². The van der Waals surface area contributed by atoms with Gasteiger partial charge in [0, 0.05) is 37.8 Å². The van der Waals surface area contributed by atoms with E-state index in [4.69, 9.17) is 9.47 Å². The molecule has 1 heterocycles. The summed E-state index contributed by atoms with van der Waals surface area (Å²) in [6, 6.07) is 11.1. The lowest BCUT2D eigenvalue weighted by molar-refractivity contribution is -0.117. The van der Waals surface area contributed by atoms with E-state index in [1.165, 1.54) is 0 Å². The van der Waals surface area contributed by atoms with Crippen LogP contribution in [-0.2, 0) is 11.3 Å². The molecule has 1 aliphatic heterocycles. The van der Waals surface area contributed by atoms with Gasteiger partial charge in [0.05, 0.1) is 14.2 Å². The first-order chi connectivity index (χ1) is 13.4. The normalized spacial score (nSPS) is 13.6. The van der Waals surface area contributed by atoms with Crippen molar-refractivity contribution in [3.8, 4) is 11.5 Å². The first-order valence-electron chi connectivity index (χ1n) is 9.32. The van der Waals surface area contributed by atoms with Crippen LogP contribution in [0.15, 0.2) is 36.4 Å². The smallest absolute Gasteiger partial charge is 0.253 e. The number of hydrogen-bond donors (Lipinski definition) is 0. The summed E-state index contributed by atoms with van der Waals surface area (Å²) in [6.45, 7) is 3.18. The zero-order chi connectivity index (χ0) is 20.3. The highest BCUT2D eigenvalue weighted by molar-refractivity contribution is 5.97. The Balaban J connectivity index is 1.73. The van der Waals surface area contributed by atoms with Crippen LogP contribution in [0.2, 0.25) is 0 Å². The van der Waals surface area contributed by atoms with Crippen LogP contribution >= 0.6 is 0 Å². The molecule has 0 aromatic heterocycles. The monoisotopic (exact) mass is 382 g/mol. The number of rotatable bonds is 6. The van der Waals surface area contributed by atoms with Gasteiger partial charge in [-0.25, -0.2) is 0 Å². The Morgan fingerprint density at radius 3 is 2.32 bits per heavy atom. The Bertz CT molecular complexity index is 877. The molecule has 1 aliphatic rings. The third-order valence-corrected chi connectivity index (χ3v) is 5.10. The molecule has 2 aromatic carbocycles. The molecule has 3 rings (SSSR count). The van der Waals surface area contributed by atoms with Gasteiger partial charge >= 0.3 is 0 Å². The topological polar surface area (TPSA) is 59.1 Å². The molecule has 1 saturated heterocycles. The summed E-state index contributed by atoms with van der Waals surface area (Å²) in [6.07, 6.45) is 1.47. The molecule has 148 valence electrons. The van der Waals surface area contributed by atoms with Gasteiger partial charge in [0.25, 0.3) is 5.91 Å². The van der Waals surface area contributed by atoms with E-state index in [1.54, 1.807) is 43.2 Å². The van der Waals surface area contributed by atoms with Crippen molar-refractivity contribution in [2.45, 2.75) is 26.3 Å². The van der Waals surface area contributed by atoms with E-state index in [0.717, 1.165) is 29.8 Å². The second-order valence-corrected chi connectivity index (χ2v) is 6.99. The SMILES string of the molecule is COc1cc(C)c(CN(C)C(=O)c2ccc(N3CCCC3=O)cc2)cc1OC. The lowest BCUT2D eigenvalue weighted by Gasteiger charge is -2.21. The fourth-order valence-corrected chi connectivity index (χ4v) is 3.45. The van der Waals surface area contributed by atoms with Crippen molar-refractivity contribution >= 4 is 17.5 Å². The fraction of sp³-hybridized carbons (Fsp3) is 0.364. The van der Waals surface area contributed by atoms with Crippen molar-refractivity contribution in [1.82, 2.24) is 4.90 Å². The zero-order valence-corrected chi connectivity index (χ0v) is 16.8. The number of benzene rings is 2. The number of carbonyl (C=O) groups excluding carboxylic acids is 2. The van der Waals surface area contributed by atoms with Crippen LogP contribution in [0, 0.1) is 6.92 Å². The summed E-state index contributed by atoms with van der Waals surface area (Å²) < 4.78 is 10.7. The molecule has 1 fully saturated rings. The number of methoxy groups -OCH3 is 2. The van der Waals surface area contributed by atoms with Gasteiger partial charge in [0.15, 0.2) is 11.5 Å². The molecular formula is C22H26N2O4. The van der Waals surface area contributed by atoms with Gasteiger partial charge in [0.2, 0.25) is 5.91 Å². The van der Waals surface area contributed by atoms with Crippen LogP contribution in [0.3, 0.4) is 0 Å². The van der Waals surface area contributed by atoms with Crippen molar-refractivity contribution in [1.29, 1.82) is 0 Å². The van der Waals surface area contributed by atoms with E-state index in [2.05, 4.69) is 0 Å². The maximum Gasteiger partial charge on any atom is 0.253 e. The molecule has 6 heteroatoms. The summed E-state index contributed by atoms with van der Waals surface area (Å²) in [5, 5.41) is 0. The van der Waals surface area contributed by atoms with Crippen molar-refractivity contribution in [2.75, 3.05) is 32.7 Å². The molecule has 0 spiro atoms. The van der Waals surface area contributed by atoms with Gasteiger partial charge in [-0.3, -0.25) is 9.59 Å². The predicted octanol–water partition coefficient (Wildman–Crippen LogP) is 3.41. The molecule has 0 bridgehead atoms. The second-order valence-electron chi connectivity index (χ2n) is 6.99. The number of ether oxygens (including phenoxy) is 2. The Kier molecular flexibility index (Phi) is 5.87. The van der Waals surface area contributed by atoms with Gasteiger partial charge < -0.3 is 19.3 Å². The Morgan fingerprint density at radius 1 is 1.11 bits per heavy atom. The van der Waals surface area contributed by atoms with Crippen molar-refractivity contribution in [3.05, 3.63) is 53.1 Å². The summed E-state index contributed by atoms with van der Waals surface area (Å²) in [7, 11) is 4.97. The highest BCUT2D eigenvalue weighted by Crippen LogP contribution is 2.31. The lowest BCUT2D eigenvalue weighted by Crippen LogP contribution is -2.27. The van der Waals surface area contributed by atoms with Gasteiger partial charge in [-0.2, -0.15) is 0 Å². The van der Waals surface area contributed by atoms with Gasteiger partial charge in [-0.15, -0.1) is 0 Å². The number of anilines is 1. The second kappa shape index (κ2) is 8.33. The molecule has 0 aliphatic carbocycles. The number of hydrogen-bond acceptors (Lipinski definition) is 4. The first kappa shape index (κ1) is 19.7. The van der Waals surface area contributed by atoms with Crippen LogP contribution in [0.1, 0.15) is 34.3 Å². The molecule has 0 unspecified atom stereocenters. The third kappa shape index (κ3) is 3.96. The van der Waals surface area contributed by atoms with Crippen molar-refractivity contribution in [2.24, 2.45) is 0 Å². The van der Waals surface area contributed by atoms with Crippen LogP contribution in [0.25, 0.3) is 0 Å². The summed E-state index contributed by atoms with van der Waals surface area (Å²) in [5.74, 6) is 1.38. The molecule has 2 amide bonds. The maximum atomic E-state index is 12.8. The Hall–Kier alpha value is -3.02. The van der Waals surface area contributed by atoms with Crippen molar-refractivity contribution in [3.63, 3.8) is 0 Å². The third-order valence-electron chi connectivity index (χ3n) is 5.10. The van der Waals surface area contributed by atoms with Crippen LogP contribution in [0.4, 0.5) is 5.69 Å². The highest BCUT2D eigenvalue weighted by atomic mass is 16.5. The quantitative estimate of drug-likeness (QED) is 0.768. The maximum absolute atomic E-state index is 12.8. The van der Waals surface area contributed by atoms with Crippen LogP contribution in [0.5, 0.6) is 11.5 Å². The number of carbonyl (C=O) groups is 2. The predicted molar refractivity (Wildman–Crippen MR) is 108 cm³/mol. The molecule has 0 radical (unpaired) electrons. The summed E-state index contributed by atoms with van der Waals surface area (Å²) >= 11 is 0. The fourth-order valence-electron chi connectivity index (χ4n) is 3.45. The minimum absolute atomic E-state index is 0.0755. The minimum atomic E-state index is -0.0755. The minimum Gasteiger partial charge on any atom is -0.493 e. The standard InChI is InChI=1S/C22H26N2O4/c1-15-12-19(27-3)20(28-4)13-17(15)14-23(2)22(26)16-7-9-18(10-8-16)24-11-5-6-21(24)25/h7-10,12-13H,5-6,11,14H2,1-4H3.